The van der Waals surface area contributed by atoms with E-state index >= 15 is 0 Å². The van der Waals surface area contributed by atoms with Gasteiger partial charge in [0.2, 0.25) is 10.0 Å². The first-order valence-corrected chi connectivity index (χ1v) is 8.38. The lowest BCUT2D eigenvalue weighted by Crippen LogP contribution is -2.26. The zero-order valence-electron chi connectivity index (χ0n) is 12.7. The molecule has 0 aliphatic heterocycles. The second kappa shape index (κ2) is 7.37. The fraction of sp³-hybridized carbons (Fsp3) is 0.200. The average molecular weight is 354 g/mol. The lowest BCUT2D eigenvalue weighted by Gasteiger charge is -2.08. The largest absolute Gasteiger partial charge is 0.497 e. The van der Waals surface area contributed by atoms with Gasteiger partial charge in [0, 0.05) is 6.54 Å². The van der Waals surface area contributed by atoms with Crippen molar-refractivity contribution in [2.45, 2.75) is 11.3 Å². The minimum absolute atomic E-state index is 0.0189. The van der Waals surface area contributed by atoms with Gasteiger partial charge in [-0.3, -0.25) is 10.1 Å². The summed E-state index contributed by atoms with van der Waals surface area (Å²) < 4.78 is 44.8. The molecule has 0 saturated carbocycles. The van der Waals surface area contributed by atoms with Crippen molar-refractivity contribution in [2.24, 2.45) is 0 Å². The zero-order valence-corrected chi connectivity index (χ0v) is 13.5. The van der Waals surface area contributed by atoms with E-state index in [0.717, 1.165) is 12.1 Å². The fourth-order valence-corrected chi connectivity index (χ4v) is 3.28. The van der Waals surface area contributed by atoms with Gasteiger partial charge in [-0.05, 0) is 36.2 Å². The van der Waals surface area contributed by atoms with E-state index in [1.54, 1.807) is 6.07 Å². The smallest absolute Gasteiger partial charge is 0.293 e. The van der Waals surface area contributed by atoms with E-state index in [1.165, 1.54) is 31.4 Å². The number of nitro benzene ring substituents is 1. The quantitative estimate of drug-likeness (QED) is 0.607. The number of hydrogen-bond donors (Lipinski definition) is 1. The lowest BCUT2D eigenvalue weighted by atomic mass is 10.1. The van der Waals surface area contributed by atoms with Gasteiger partial charge in [0.25, 0.3) is 5.69 Å². The van der Waals surface area contributed by atoms with Crippen molar-refractivity contribution in [1.29, 1.82) is 0 Å². The SMILES string of the molecule is COc1ccc(S(=O)(=O)NCCc2cccc(F)c2)c([N+](=O)[O-])c1. The third kappa shape index (κ3) is 4.27. The Hall–Kier alpha value is -2.52. The summed E-state index contributed by atoms with van der Waals surface area (Å²) in [6, 6.07) is 9.25. The van der Waals surface area contributed by atoms with Gasteiger partial charge in [0.1, 0.15) is 11.6 Å². The Morgan fingerprint density at radius 2 is 2.00 bits per heavy atom. The van der Waals surface area contributed by atoms with E-state index in [1.807, 2.05) is 0 Å². The molecule has 0 aliphatic carbocycles. The molecule has 2 aromatic carbocycles. The van der Waals surface area contributed by atoms with E-state index in [-0.39, 0.29) is 18.7 Å². The molecule has 0 bridgehead atoms. The van der Waals surface area contributed by atoms with Crippen LogP contribution in [-0.2, 0) is 16.4 Å². The van der Waals surface area contributed by atoms with Crippen LogP contribution in [0.15, 0.2) is 47.4 Å². The maximum Gasteiger partial charge on any atom is 0.293 e. The third-order valence-corrected chi connectivity index (χ3v) is 4.76. The summed E-state index contributed by atoms with van der Waals surface area (Å²) in [5.74, 6) is -0.235. The fourth-order valence-electron chi connectivity index (χ4n) is 2.09. The average Bonchev–Trinajstić information content (AvgIpc) is 2.54. The number of benzene rings is 2. The lowest BCUT2D eigenvalue weighted by molar-refractivity contribution is -0.387. The molecule has 128 valence electrons. The molecule has 0 aliphatic rings. The Balaban J connectivity index is 2.17. The van der Waals surface area contributed by atoms with Gasteiger partial charge in [0.15, 0.2) is 4.90 Å². The highest BCUT2D eigenvalue weighted by Crippen LogP contribution is 2.28. The number of hydrogen-bond acceptors (Lipinski definition) is 5. The normalized spacial score (nSPS) is 11.2. The van der Waals surface area contributed by atoms with Crippen molar-refractivity contribution in [1.82, 2.24) is 4.72 Å². The van der Waals surface area contributed by atoms with E-state index in [2.05, 4.69) is 4.72 Å². The first-order chi connectivity index (χ1) is 11.3. The predicted octanol–water partition coefficient (Wildman–Crippen LogP) is 2.26. The second-order valence-corrected chi connectivity index (χ2v) is 6.60. The van der Waals surface area contributed by atoms with Crippen LogP contribution in [0.2, 0.25) is 0 Å². The predicted molar refractivity (Wildman–Crippen MR) is 84.9 cm³/mol. The van der Waals surface area contributed by atoms with E-state index in [0.29, 0.717) is 5.56 Å². The molecule has 0 spiro atoms. The molecule has 0 unspecified atom stereocenters. The molecule has 1 N–H and O–H groups in total. The molecule has 0 heterocycles. The summed E-state index contributed by atoms with van der Waals surface area (Å²) in [6.07, 6.45) is 0.251. The molecule has 0 amide bonds. The molecule has 7 nitrogen and oxygen atoms in total. The molecule has 0 saturated heterocycles. The number of nitrogens with zero attached hydrogens (tertiary/aromatic N) is 1. The van der Waals surface area contributed by atoms with Crippen LogP contribution in [0.25, 0.3) is 0 Å². The molecule has 9 heteroatoms. The Morgan fingerprint density at radius 1 is 1.25 bits per heavy atom. The van der Waals surface area contributed by atoms with Crippen LogP contribution in [-0.4, -0.2) is 27.0 Å². The topological polar surface area (TPSA) is 98.5 Å². The van der Waals surface area contributed by atoms with Crippen LogP contribution < -0.4 is 9.46 Å². The maximum absolute atomic E-state index is 13.1. The van der Waals surface area contributed by atoms with Gasteiger partial charge in [-0.25, -0.2) is 17.5 Å². The molecule has 2 rings (SSSR count). The third-order valence-electron chi connectivity index (χ3n) is 3.25. The van der Waals surface area contributed by atoms with Gasteiger partial charge in [-0.15, -0.1) is 0 Å². The number of halogens is 1. The number of nitrogens with one attached hydrogen (secondary N) is 1. The maximum atomic E-state index is 13.1. The number of rotatable bonds is 7. The minimum Gasteiger partial charge on any atom is -0.497 e. The van der Waals surface area contributed by atoms with Crippen LogP contribution in [0, 0.1) is 15.9 Å². The van der Waals surface area contributed by atoms with Crippen molar-refractivity contribution < 1.29 is 22.5 Å². The summed E-state index contributed by atoms with van der Waals surface area (Å²) >= 11 is 0. The molecular weight excluding hydrogens is 339 g/mol. The monoisotopic (exact) mass is 354 g/mol. The second-order valence-electron chi connectivity index (χ2n) is 4.87. The summed E-state index contributed by atoms with van der Waals surface area (Å²) in [5, 5.41) is 11.1. The summed E-state index contributed by atoms with van der Waals surface area (Å²) in [7, 11) is -2.76. The van der Waals surface area contributed by atoms with Gasteiger partial charge < -0.3 is 4.74 Å². The van der Waals surface area contributed by atoms with Crippen molar-refractivity contribution in [3.8, 4) is 5.75 Å². The van der Waals surface area contributed by atoms with Gasteiger partial charge in [-0.2, -0.15) is 0 Å². The Labute approximate surface area is 138 Å². The van der Waals surface area contributed by atoms with Crippen LogP contribution in [0.3, 0.4) is 0 Å². The van der Waals surface area contributed by atoms with Crippen molar-refractivity contribution in [3.63, 3.8) is 0 Å². The molecule has 2 aromatic rings. The number of sulfonamides is 1. The highest BCUT2D eigenvalue weighted by Gasteiger charge is 2.26. The molecule has 0 fully saturated rings. The first-order valence-electron chi connectivity index (χ1n) is 6.90. The van der Waals surface area contributed by atoms with E-state index in [9.17, 15) is 22.9 Å². The van der Waals surface area contributed by atoms with Gasteiger partial charge >= 0.3 is 0 Å². The van der Waals surface area contributed by atoms with Crippen molar-refractivity contribution in [3.05, 3.63) is 64.0 Å². The molecule has 0 atom stereocenters. The van der Waals surface area contributed by atoms with Gasteiger partial charge in [0.05, 0.1) is 18.1 Å². The summed E-state index contributed by atoms with van der Waals surface area (Å²) in [6.45, 7) is -0.0189. The summed E-state index contributed by atoms with van der Waals surface area (Å²) in [4.78, 5) is 9.85. The van der Waals surface area contributed by atoms with E-state index in [4.69, 9.17) is 4.74 Å². The van der Waals surface area contributed by atoms with Gasteiger partial charge in [-0.1, -0.05) is 12.1 Å². The number of nitro groups is 1. The molecule has 0 radical (unpaired) electrons. The first kappa shape index (κ1) is 17.8. The van der Waals surface area contributed by atoms with Crippen LogP contribution in [0.5, 0.6) is 5.75 Å². The van der Waals surface area contributed by atoms with Crippen LogP contribution >= 0.6 is 0 Å². The van der Waals surface area contributed by atoms with E-state index < -0.39 is 31.3 Å². The number of ether oxygens (including phenoxy) is 1. The zero-order chi connectivity index (χ0) is 17.7. The minimum atomic E-state index is -4.08. The standard InChI is InChI=1S/C15H15FN2O5S/c1-23-13-5-6-15(14(10-13)18(19)20)24(21,22)17-8-7-11-3-2-4-12(16)9-11/h2-6,9-10,17H,7-8H2,1H3. The Morgan fingerprint density at radius 3 is 2.62 bits per heavy atom. The number of methoxy groups -OCH3 is 1. The van der Waals surface area contributed by atoms with Crippen molar-refractivity contribution in [2.75, 3.05) is 13.7 Å². The Bertz CT molecular complexity index is 855. The summed E-state index contributed by atoms with van der Waals surface area (Å²) in [5.41, 5.74) is 0.0366. The highest BCUT2D eigenvalue weighted by molar-refractivity contribution is 7.89. The van der Waals surface area contributed by atoms with Crippen LogP contribution in [0.4, 0.5) is 10.1 Å². The van der Waals surface area contributed by atoms with Crippen molar-refractivity contribution >= 4 is 15.7 Å². The molecular formula is C15H15FN2O5S. The Kier molecular flexibility index (Phi) is 5.47. The molecule has 0 aromatic heterocycles. The molecule has 24 heavy (non-hydrogen) atoms. The van der Waals surface area contributed by atoms with Crippen LogP contribution in [0.1, 0.15) is 5.56 Å². The highest BCUT2D eigenvalue weighted by atomic mass is 32.2.